The lowest BCUT2D eigenvalue weighted by molar-refractivity contribution is 0.209. The van der Waals surface area contributed by atoms with Gasteiger partial charge in [0, 0.05) is 19.1 Å². The monoisotopic (exact) mass is 212 g/mol. The van der Waals surface area contributed by atoms with E-state index in [1.807, 2.05) is 0 Å². The van der Waals surface area contributed by atoms with Crippen LogP contribution >= 0.6 is 0 Å². The van der Waals surface area contributed by atoms with Gasteiger partial charge in [0.1, 0.15) is 0 Å². The van der Waals surface area contributed by atoms with E-state index >= 15 is 0 Å². The molecule has 1 aliphatic heterocycles. The van der Waals surface area contributed by atoms with Gasteiger partial charge in [0.05, 0.1) is 0 Å². The molecule has 0 saturated carbocycles. The molecule has 0 aromatic rings. The van der Waals surface area contributed by atoms with Gasteiger partial charge < -0.3 is 5.32 Å². The molecule has 1 N–H and O–H groups in total. The first kappa shape index (κ1) is 13.0. The van der Waals surface area contributed by atoms with Gasteiger partial charge in [-0.2, -0.15) is 0 Å². The van der Waals surface area contributed by atoms with E-state index in [9.17, 15) is 0 Å². The first-order valence-corrected chi connectivity index (χ1v) is 6.79. The third-order valence-corrected chi connectivity index (χ3v) is 3.47. The number of unbranched alkanes of at least 4 members (excludes halogenated alkanes) is 3. The van der Waals surface area contributed by atoms with Crippen molar-refractivity contribution in [2.75, 3.05) is 26.2 Å². The highest BCUT2D eigenvalue weighted by atomic mass is 15.2. The van der Waals surface area contributed by atoms with Crippen molar-refractivity contribution in [1.29, 1.82) is 0 Å². The van der Waals surface area contributed by atoms with E-state index in [0.717, 1.165) is 6.04 Å². The van der Waals surface area contributed by atoms with Crippen LogP contribution in [0.2, 0.25) is 0 Å². The summed E-state index contributed by atoms with van der Waals surface area (Å²) in [5.41, 5.74) is 0. The maximum atomic E-state index is 3.47. The van der Waals surface area contributed by atoms with Crippen LogP contribution in [-0.2, 0) is 0 Å². The summed E-state index contributed by atoms with van der Waals surface area (Å²) in [6.07, 6.45) is 8.31. The Morgan fingerprint density at radius 2 is 2.00 bits per heavy atom. The third-order valence-electron chi connectivity index (χ3n) is 3.47. The molecule has 1 aliphatic rings. The summed E-state index contributed by atoms with van der Waals surface area (Å²) in [6.45, 7) is 9.61. The van der Waals surface area contributed by atoms with Crippen LogP contribution in [-0.4, -0.2) is 37.1 Å². The van der Waals surface area contributed by atoms with E-state index in [1.165, 1.54) is 64.7 Å². The fraction of sp³-hybridized carbons (Fsp3) is 1.00. The summed E-state index contributed by atoms with van der Waals surface area (Å²) in [6, 6.07) is 0.793. The molecule has 1 atom stereocenters. The molecule has 0 amide bonds. The molecule has 0 aromatic heterocycles. The number of rotatable bonds is 6. The van der Waals surface area contributed by atoms with Gasteiger partial charge in [-0.15, -0.1) is 0 Å². The molecule has 0 spiro atoms. The van der Waals surface area contributed by atoms with Gasteiger partial charge in [-0.05, 0) is 32.9 Å². The van der Waals surface area contributed by atoms with E-state index in [1.54, 1.807) is 0 Å². The molecule has 1 rings (SSSR count). The second-order valence-corrected chi connectivity index (χ2v) is 4.84. The molecule has 0 bridgehead atoms. The summed E-state index contributed by atoms with van der Waals surface area (Å²) >= 11 is 0. The molecule has 1 unspecified atom stereocenters. The predicted molar refractivity (Wildman–Crippen MR) is 67.3 cm³/mol. The van der Waals surface area contributed by atoms with Crippen LogP contribution in [0, 0.1) is 0 Å². The van der Waals surface area contributed by atoms with Crippen LogP contribution in [0.15, 0.2) is 0 Å². The Morgan fingerprint density at radius 3 is 2.80 bits per heavy atom. The van der Waals surface area contributed by atoms with Crippen LogP contribution < -0.4 is 5.32 Å². The summed E-state index contributed by atoms with van der Waals surface area (Å²) in [5, 5.41) is 3.47. The van der Waals surface area contributed by atoms with Crippen molar-refractivity contribution < 1.29 is 0 Å². The van der Waals surface area contributed by atoms with Gasteiger partial charge in [0.2, 0.25) is 0 Å². The summed E-state index contributed by atoms with van der Waals surface area (Å²) in [5.74, 6) is 0. The van der Waals surface area contributed by atoms with Gasteiger partial charge in [-0.3, -0.25) is 4.90 Å². The number of nitrogens with zero attached hydrogens (tertiary/aromatic N) is 1. The molecule has 90 valence electrons. The van der Waals surface area contributed by atoms with Crippen LogP contribution in [0.25, 0.3) is 0 Å². The van der Waals surface area contributed by atoms with Crippen molar-refractivity contribution in [3.8, 4) is 0 Å². The van der Waals surface area contributed by atoms with Gasteiger partial charge in [-0.25, -0.2) is 0 Å². The third kappa shape index (κ3) is 5.53. The van der Waals surface area contributed by atoms with Crippen molar-refractivity contribution in [2.45, 2.75) is 58.4 Å². The smallest absolute Gasteiger partial charge is 0.0110 e. The summed E-state index contributed by atoms with van der Waals surface area (Å²) in [4.78, 5) is 2.66. The van der Waals surface area contributed by atoms with E-state index in [0.29, 0.717) is 0 Å². The lowest BCUT2D eigenvalue weighted by Gasteiger charge is -2.27. The SMILES string of the molecule is CCCCCCC(C)N1CCCNCC1. The Balaban J connectivity index is 2.11. The van der Waals surface area contributed by atoms with Crippen LogP contribution in [0.1, 0.15) is 52.4 Å². The van der Waals surface area contributed by atoms with Gasteiger partial charge in [0.15, 0.2) is 0 Å². The van der Waals surface area contributed by atoms with Crippen molar-refractivity contribution in [3.63, 3.8) is 0 Å². The maximum Gasteiger partial charge on any atom is 0.0110 e. The zero-order valence-corrected chi connectivity index (χ0v) is 10.6. The van der Waals surface area contributed by atoms with Crippen molar-refractivity contribution in [1.82, 2.24) is 10.2 Å². The van der Waals surface area contributed by atoms with E-state index < -0.39 is 0 Å². The van der Waals surface area contributed by atoms with E-state index in [-0.39, 0.29) is 0 Å². The quantitative estimate of drug-likeness (QED) is 0.681. The molecule has 0 aliphatic carbocycles. The molecule has 2 heteroatoms. The fourth-order valence-electron chi connectivity index (χ4n) is 2.36. The van der Waals surface area contributed by atoms with Gasteiger partial charge >= 0.3 is 0 Å². The summed E-state index contributed by atoms with van der Waals surface area (Å²) < 4.78 is 0. The van der Waals surface area contributed by atoms with E-state index in [4.69, 9.17) is 0 Å². The Labute approximate surface area is 95.4 Å². The molecule has 0 aromatic carbocycles. The number of hydrogen-bond donors (Lipinski definition) is 1. The zero-order chi connectivity index (χ0) is 10.9. The average Bonchev–Trinajstić information content (AvgIpc) is 2.52. The Kier molecular flexibility index (Phi) is 7.03. The first-order valence-electron chi connectivity index (χ1n) is 6.79. The minimum absolute atomic E-state index is 0.793. The standard InChI is InChI=1S/C13H28N2/c1-3-4-5-6-8-13(2)15-11-7-9-14-10-12-15/h13-14H,3-12H2,1-2H3. The first-order chi connectivity index (χ1) is 7.34. The van der Waals surface area contributed by atoms with Crippen molar-refractivity contribution in [2.24, 2.45) is 0 Å². The largest absolute Gasteiger partial charge is 0.315 e. The number of hydrogen-bond acceptors (Lipinski definition) is 2. The zero-order valence-electron chi connectivity index (χ0n) is 10.6. The Morgan fingerprint density at radius 1 is 1.13 bits per heavy atom. The van der Waals surface area contributed by atoms with E-state index in [2.05, 4.69) is 24.1 Å². The highest BCUT2D eigenvalue weighted by molar-refractivity contribution is 4.71. The minimum Gasteiger partial charge on any atom is -0.315 e. The highest BCUT2D eigenvalue weighted by Gasteiger charge is 2.14. The van der Waals surface area contributed by atoms with Crippen molar-refractivity contribution >= 4 is 0 Å². The fourth-order valence-corrected chi connectivity index (χ4v) is 2.36. The second kappa shape index (κ2) is 8.12. The van der Waals surface area contributed by atoms with Gasteiger partial charge in [-0.1, -0.05) is 32.6 Å². The normalized spacial score (nSPS) is 21.2. The molecule has 1 fully saturated rings. The lowest BCUT2D eigenvalue weighted by atomic mass is 10.1. The van der Waals surface area contributed by atoms with Crippen LogP contribution in [0.3, 0.4) is 0 Å². The molecule has 1 saturated heterocycles. The molecule has 0 radical (unpaired) electrons. The Hall–Kier alpha value is -0.0800. The average molecular weight is 212 g/mol. The second-order valence-electron chi connectivity index (χ2n) is 4.84. The predicted octanol–water partition coefficient (Wildman–Crippen LogP) is 2.64. The molecular weight excluding hydrogens is 184 g/mol. The van der Waals surface area contributed by atoms with Crippen LogP contribution in [0.5, 0.6) is 0 Å². The Bertz CT molecular complexity index is 139. The number of nitrogens with one attached hydrogen (secondary N) is 1. The molecule has 2 nitrogen and oxygen atoms in total. The molecule has 15 heavy (non-hydrogen) atoms. The molecule has 1 heterocycles. The topological polar surface area (TPSA) is 15.3 Å². The minimum atomic E-state index is 0.793. The lowest BCUT2D eigenvalue weighted by Crippen LogP contribution is -2.35. The maximum absolute atomic E-state index is 3.47. The van der Waals surface area contributed by atoms with Crippen LogP contribution in [0.4, 0.5) is 0 Å². The molecular formula is C13H28N2. The highest BCUT2D eigenvalue weighted by Crippen LogP contribution is 2.11. The summed E-state index contributed by atoms with van der Waals surface area (Å²) in [7, 11) is 0. The van der Waals surface area contributed by atoms with Crippen molar-refractivity contribution in [3.05, 3.63) is 0 Å². The van der Waals surface area contributed by atoms with Gasteiger partial charge in [0.25, 0.3) is 0 Å².